The predicted octanol–water partition coefficient (Wildman–Crippen LogP) is 3.79. The van der Waals surface area contributed by atoms with Crippen molar-refractivity contribution in [1.29, 1.82) is 0 Å². The van der Waals surface area contributed by atoms with Crippen LogP contribution in [0.1, 0.15) is 39.5 Å². The third-order valence-corrected chi connectivity index (χ3v) is 23.8. The second-order valence-corrected chi connectivity index (χ2v) is 22.3. The van der Waals surface area contributed by atoms with E-state index >= 15 is 0 Å². The fourth-order valence-electron chi connectivity index (χ4n) is 3.77. The molecular weight excluding hydrogens is 585 g/mol. The van der Waals surface area contributed by atoms with E-state index in [4.69, 9.17) is 5.63 Å². The number of hydrogen-bond donors (Lipinski definition) is 0. The first-order valence-corrected chi connectivity index (χ1v) is 18.8. The van der Waals surface area contributed by atoms with Crippen LogP contribution in [0.3, 0.4) is 0 Å². The molecule has 3 rings (SSSR count). The van der Waals surface area contributed by atoms with Crippen molar-refractivity contribution in [2.24, 2.45) is 0 Å². The van der Waals surface area contributed by atoms with Gasteiger partial charge >= 0.3 is 187 Å². The molecule has 0 saturated carbocycles. The SMILES string of the molecule is CCCC(=O)[O][Bi]([O]C(=O)CCC)([c]1ccccc1)([c]1ccccc1)[c]1ccccc1. The zero-order chi connectivity index (χ0) is 22.2. The van der Waals surface area contributed by atoms with Crippen molar-refractivity contribution in [3.63, 3.8) is 0 Å². The number of rotatable bonds is 9. The summed E-state index contributed by atoms with van der Waals surface area (Å²) in [5.74, 6) is -0.702. The van der Waals surface area contributed by atoms with Crippen LogP contribution < -0.4 is 9.81 Å². The van der Waals surface area contributed by atoms with E-state index in [9.17, 15) is 9.59 Å². The Balaban J connectivity index is 2.47. The van der Waals surface area contributed by atoms with Crippen LogP contribution >= 0.6 is 0 Å². The van der Waals surface area contributed by atoms with Crippen LogP contribution in [0.2, 0.25) is 0 Å². The quantitative estimate of drug-likeness (QED) is 0.345. The van der Waals surface area contributed by atoms with E-state index in [1.165, 1.54) is 0 Å². The molecule has 3 aromatic carbocycles. The van der Waals surface area contributed by atoms with Crippen molar-refractivity contribution in [3.8, 4) is 0 Å². The molecule has 0 saturated heterocycles. The minimum atomic E-state index is -5.74. The van der Waals surface area contributed by atoms with Gasteiger partial charge in [0.1, 0.15) is 0 Å². The number of benzene rings is 3. The fraction of sp³-hybridized carbons (Fsp3) is 0.231. The Morgan fingerprint density at radius 1 is 0.581 bits per heavy atom. The zero-order valence-corrected chi connectivity index (χ0v) is 21.5. The Bertz CT molecular complexity index is 880. The molecule has 0 aromatic heterocycles. The van der Waals surface area contributed by atoms with Crippen LogP contribution in [0.4, 0.5) is 0 Å². The summed E-state index contributed by atoms with van der Waals surface area (Å²) in [5, 5.41) is 0. The van der Waals surface area contributed by atoms with Crippen LogP contribution in [0.15, 0.2) is 91.0 Å². The summed E-state index contributed by atoms with van der Waals surface area (Å²) in [6, 6.07) is 28.7. The van der Waals surface area contributed by atoms with Gasteiger partial charge < -0.3 is 0 Å². The maximum absolute atomic E-state index is 13.2. The van der Waals surface area contributed by atoms with Gasteiger partial charge in [0.05, 0.1) is 0 Å². The van der Waals surface area contributed by atoms with Crippen molar-refractivity contribution in [2.75, 3.05) is 0 Å². The molecule has 4 nitrogen and oxygen atoms in total. The van der Waals surface area contributed by atoms with Gasteiger partial charge in [-0.3, -0.25) is 0 Å². The third-order valence-electron chi connectivity index (χ3n) is 5.14. The number of hydrogen-bond acceptors (Lipinski definition) is 4. The van der Waals surface area contributed by atoms with Crippen LogP contribution in [0.25, 0.3) is 0 Å². The second-order valence-electron chi connectivity index (χ2n) is 7.39. The van der Waals surface area contributed by atoms with E-state index in [1.807, 2.05) is 105 Å². The average Bonchev–Trinajstić information content (AvgIpc) is 2.81. The van der Waals surface area contributed by atoms with Gasteiger partial charge in [-0.15, -0.1) is 0 Å². The summed E-state index contributed by atoms with van der Waals surface area (Å²) in [6.45, 7) is 3.87. The van der Waals surface area contributed by atoms with Crippen molar-refractivity contribution in [2.45, 2.75) is 39.5 Å². The Kier molecular flexibility index (Phi) is 7.61. The third kappa shape index (κ3) is 4.43. The molecule has 0 atom stereocenters. The molecule has 0 heterocycles. The Labute approximate surface area is 186 Å². The van der Waals surface area contributed by atoms with Crippen molar-refractivity contribution < 1.29 is 15.2 Å². The van der Waals surface area contributed by atoms with E-state index in [-0.39, 0.29) is 24.8 Å². The summed E-state index contributed by atoms with van der Waals surface area (Å²) in [6.07, 6.45) is 1.80. The normalized spacial score (nSPS) is 12.4. The molecule has 0 unspecified atom stereocenters. The van der Waals surface area contributed by atoms with Crippen LogP contribution in [0, 0.1) is 0 Å². The molecule has 0 radical (unpaired) electrons. The second kappa shape index (κ2) is 10.2. The molecule has 0 bridgehead atoms. The first-order valence-electron chi connectivity index (χ1n) is 10.7. The number of carbonyl (C=O) groups is 2. The van der Waals surface area contributed by atoms with Gasteiger partial charge in [0.2, 0.25) is 0 Å². The summed E-state index contributed by atoms with van der Waals surface area (Å²) < 4.78 is 15.4. The standard InChI is InChI=1S/3C6H5.2C4H8O2.Bi/c3*1-2-4-6-5-3-1;2*1-2-3-4(5)6;/h3*1-5H;2*2-3H2,1H3,(H,5,6);/q;;;;;+2/p-2. The van der Waals surface area contributed by atoms with Gasteiger partial charge in [-0.2, -0.15) is 0 Å². The first-order chi connectivity index (χ1) is 15.1. The van der Waals surface area contributed by atoms with E-state index in [2.05, 4.69) is 0 Å². The fourth-order valence-corrected chi connectivity index (χ4v) is 21.9. The van der Waals surface area contributed by atoms with Crippen molar-refractivity contribution >= 4 is 41.4 Å². The molecule has 0 spiro atoms. The Morgan fingerprint density at radius 3 is 1.13 bits per heavy atom. The van der Waals surface area contributed by atoms with Crippen LogP contribution in [0.5, 0.6) is 0 Å². The van der Waals surface area contributed by atoms with Gasteiger partial charge in [0.25, 0.3) is 0 Å². The monoisotopic (exact) mass is 614 g/mol. The molecule has 0 amide bonds. The van der Waals surface area contributed by atoms with E-state index in [0.29, 0.717) is 12.8 Å². The maximum atomic E-state index is 13.2. The molecule has 0 aliphatic carbocycles. The molecule has 5 heteroatoms. The van der Waals surface area contributed by atoms with Gasteiger partial charge in [0.15, 0.2) is 0 Å². The van der Waals surface area contributed by atoms with Crippen LogP contribution in [-0.4, -0.2) is 31.6 Å². The van der Waals surface area contributed by atoms with Gasteiger partial charge in [-0.25, -0.2) is 0 Å². The van der Waals surface area contributed by atoms with E-state index in [1.54, 1.807) is 0 Å². The average molecular weight is 614 g/mol. The molecule has 3 aromatic rings. The molecular formula is C26H29BiO4. The topological polar surface area (TPSA) is 52.6 Å². The summed E-state index contributed by atoms with van der Waals surface area (Å²) in [7, 11) is 0. The van der Waals surface area contributed by atoms with E-state index in [0.717, 1.165) is 9.81 Å². The molecule has 162 valence electrons. The number of carbonyl (C=O) groups excluding carboxylic acids is 2. The molecule has 0 N–H and O–H groups in total. The Morgan fingerprint density at radius 2 is 0.871 bits per heavy atom. The van der Waals surface area contributed by atoms with Crippen molar-refractivity contribution in [1.82, 2.24) is 0 Å². The predicted molar refractivity (Wildman–Crippen MR) is 126 cm³/mol. The first kappa shape index (κ1) is 23.2. The van der Waals surface area contributed by atoms with Crippen molar-refractivity contribution in [3.05, 3.63) is 91.0 Å². The molecule has 31 heavy (non-hydrogen) atoms. The van der Waals surface area contributed by atoms with Gasteiger partial charge in [-0.1, -0.05) is 0 Å². The molecule has 0 aliphatic heterocycles. The minimum absolute atomic E-state index is 0.253. The molecule has 0 fully saturated rings. The van der Waals surface area contributed by atoms with Crippen LogP contribution in [-0.2, 0) is 15.2 Å². The van der Waals surface area contributed by atoms with Gasteiger partial charge in [0, 0.05) is 0 Å². The van der Waals surface area contributed by atoms with E-state index < -0.39 is 19.7 Å². The Hall–Kier alpha value is -2.52. The summed E-state index contributed by atoms with van der Waals surface area (Å²) in [4.78, 5) is 26.3. The van der Waals surface area contributed by atoms with Gasteiger partial charge in [-0.05, 0) is 0 Å². The zero-order valence-electron chi connectivity index (χ0n) is 18.1. The summed E-state index contributed by atoms with van der Waals surface area (Å²) >= 11 is -5.74. The summed E-state index contributed by atoms with van der Waals surface area (Å²) in [5.41, 5.74) is 0. The molecule has 0 aliphatic rings.